The number of nitrogens with one attached hydrogen (secondary N) is 4. The van der Waals surface area contributed by atoms with E-state index in [1.807, 2.05) is 61.5 Å². The molecule has 2 aliphatic carbocycles. The normalized spacial score (nSPS) is 20.8. The third-order valence-corrected chi connectivity index (χ3v) is 11.3. The average Bonchev–Trinajstić information content (AvgIpc) is 3.73. The number of aromatic amines is 1. The van der Waals surface area contributed by atoms with Gasteiger partial charge < -0.3 is 26.6 Å². The number of aromatic nitrogens is 4. The van der Waals surface area contributed by atoms with Crippen LogP contribution in [-0.2, 0) is 16.0 Å². The van der Waals surface area contributed by atoms with Gasteiger partial charge in [-0.15, -0.1) is 10.2 Å². The summed E-state index contributed by atoms with van der Waals surface area (Å²) >= 11 is 0. The van der Waals surface area contributed by atoms with Gasteiger partial charge in [-0.25, -0.2) is 0 Å². The fraction of sp³-hybridized carbons (Fsp3) is 0.463. The summed E-state index contributed by atoms with van der Waals surface area (Å²) in [6, 6.07) is 21.1. The Balaban J connectivity index is 1.10. The summed E-state index contributed by atoms with van der Waals surface area (Å²) in [7, 11) is 2.18. The first-order valence-corrected chi connectivity index (χ1v) is 19.1. The van der Waals surface area contributed by atoms with Crippen molar-refractivity contribution in [2.24, 2.45) is 17.6 Å². The van der Waals surface area contributed by atoms with Crippen LogP contribution in [0.5, 0.6) is 0 Å². The third kappa shape index (κ3) is 9.74. The van der Waals surface area contributed by atoms with Crippen LogP contribution in [0.4, 0.5) is 5.69 Å². The topological polar surface area (TPSA) is 171 Å². The van der Waals surface area contributed by atoms with Gasteiger partial charge in [-0.05, 0) is 148 Å². The highest BCUT2D eigenvalue weighted by atomic mass is 16.2. The zero-order chi connectivity index (χ0) is 37.3. The van der Waals surface area contributed by atoms with E-state index in [-0.39, 0.29) is 29.7 Å². The molecule has 1 heterocycles. The van der Waals surface area contributed by atoms with Gasteiger partial charge in [0.25, 0.3) is 5.91 Å². The highest BCUT2D eigenvalue weighted by Crippen LogP contribution is 2.29. The number of carbonyl (C=O) groups excluding carboxylic acids is 3. The van der Waals surface area contributed by atoms with Crippen molar-refractivity contribution in [3.05, 3.63) is 83.4 Å². The number of anilines is 1. The van der Waals surface area contributed by atoms with Crippen LogP contribution in [0.2, 0.25) is 0 Å². The maximum Gasteiger partial charge on any atom is 0.251 e. The van der Waals surface area contributed by atoms with Gasteiger partial charge in [0, 0.05) is 41.2 Å². The SMILES string of the molecule is CCN(C)C1CCC(NC(=O)c2ccc(-c3ccc(CC(NC(=O)C4CCC(CN)CC4)C(=O)Nc4ccc(-c5nn[nH]n5)cc4)cc3)c(C)c2)CC1. The second kappa shape index (κ2) is 17.7. The highest BCUT2D eigenvalue weighted by molar-refractivity contribution is 5.98. The molecular weight excluding hydrogens is 667 g/mol. The monoisotopic (exact) mass is 719 g/mol. The smallest absolute Gasteiger partial charge is 0.251 e. The lowest BCUT2D eigenvalue weighted by Gasteiger charge is -2.34. The standard InChI is InChI=1S/C41H53N9O3/c1-4-50(3)35-20-18-34(19-21-35)43-40(52)32-15-22-36(26(2)23-32)29-9-5-27(6-10-29)24-37(45-39(51)31-11-7-28(25-42)8-12-31)41(53)44-33-16-13-30(14-17-33)38-46-48-49-47-38/h5-6,9-10,13-17,22-23,28,31,34-35,37H,4,7-8,11-12,18-21,24-25,42H2,1-3H3,(H,43,52)(H,44,53)(H,45,51)(H,46,47,48,49). The van der Waals surface area contributed by atoms with Crippen molar-refractivity contribution >= 4 is 23.4 Å². The molecule has 2 fully saturated rings. The Hall–Kier alpha value is -4.94. The number of tetrazole rings is 1. The molecule has 3 amide bonds. The summed E-state index contributed by atoms with van der Waals surface area (Å²) in [5.41, 5.74) is 11.9. The predicted molar refractivity (Wildman–Crippen MR) is 207 cm³/mol. The van der Waals surface area contributed by atoms with Crippen LogP contribution in [0.3, 0.4) is 0 Å². The van der Waals surface area contributed by atoms with Gasteiger partial charge >= 0.3 is 0 Å². The van der Waals surface area contributed by atoms with Gasteiger partial charge in [-0.2, -0.15) is 5.21 Å². The summed E-state index contributed by atoms with van der Waals surface area (Å²) in [5.74, 6) is 0.357. The summed E-state index contributed by atoms with van der Waals surface area (Å²) in [6.45, 7) is 5.89. The molecule has 4 aromatic rings. The van der Waals surface area contributed by atoms with Gasteiger partial charge in [0.1, 0.15) is 6.04 Å². The zero-order valence-corrected chi connectivity index (χ0v) is 31.1. The molecule has 2 saturated carbocycles. The molecule has 1 aromatic heterocycles. The van der Waals surface area contributed by atoms with Gasteiger partial charge in [0.2, 0.25) is 17.6 Å². The number of rotatable bonds is 13. The molecule has 53 heavy (non-hydrogen) atoms. The Kier molecular flexibility index (Phi) is 12.6. The number of carbonyl (C=O) groups is 3. The number of hydrogen-bond donors (Lipinski definition) is 5. The van der Waals surface area contributed by atoms with E-state index in [0.29, 0.717) is 42.0 Å². The van der Waals surface area contributed by atoms with E-state index in [0.717, 1.165) is 85.7 Å². The molecule has 3 aromatic carbocycles. The molecule has 0 aliphatic heterocycles. The molecule has 1 atom stereocenters. The number of amides is 3. The van der Waals surface area contributed by atoms with Crippen LogP contribution in [0, 0.1) is 18.8 Å². The van der Waals surface area contributed by atoms with E-state index in [4.69, 9.17) is 5.73 Å². The lowest BCUT2D eigenvalue weighted by atomic mass is 9.81. The molecule has 0 bridgehead atoms. The van der Waals surface area contributed by atoms with E-state index < -0.39 is 6.04 Å². The molecule has 12 heteroatoms. The molecule has 6 N–H and O–H groups in total. The number of nitrogens with two attached hydrogens (primary N) is 1. The average molecular weight is 720 g/mol. The van der Waals surface area contributed by atoms with Crippen molar-refractivity contribution in [2.45, 2.75) is 89.8 Å². The van der Waals surface area contributed by atoms with Crippen LogP contribution in [-0.4, -0.2) is 81.5 Å². The summed E-state index contributed by atoms with van der Waals surface area (Å²) in [4.78, 5) is 42.8. The van der Waals surface area contributed by atoms with Gasteiger partial charge in [0.15, 0.2) is 0 Å². The van der Waals surface area contributed by atoms with Crippen LogP contribution in [0.15, 0.2) is 66.7 Å². The van der Waals surface area contributed by atoms with Crippen molar-refractivity contribution in [1.82, 2.24) is 36.2 Å². The first-order chi connectivity index (χ1) is 25.7. The molecule has 0 saturated heterocycles. The van der Waals surface area contributed by atoms with Crippen LogP contribution < -0.4 is 21.7 Å². The van der Waals surface area contributed by atoms with E-state index in [1.54, 1.807) is 12.1 Å². The minimum absolute atomic E-state index is 0.0241. The van der Waals surface area contributed by atoms with Gasteiger partial charge in [-0.1, -0.05) is 37.3 Å². The first-order valence-electron chi connectivity index (χ1n) is 19.1. The Bertz CT molecular complexity index is 1810. The van der Waals surface area contributed by atoms with Gasteiger partial charge in [-0.3, -0.25) is 14.4 Å². The lowest BCUT2D eigenvalue weighted by molar-refractivity contribution is -0.130. The summed E-state index contributed by atoms with van der Waals surface area (Å²) < 4.78 is 0. The predicted octanol–water partition coefficient (Wildman–Crippen LogP) is 5.27. The lowest BCUT2D eigenvalue weighted by Crippen LogP contribution is -2.48. The van der Waals surface area contributed by atoms with E-state index in [1.165, 1.54) is 0 Å². The molecule has 2 aliphatic rings. The Morgan fingerprint density at radius 2 is 1.60 bits per heavy atom. The number of benzene rings is 3. The maximum atomic E-state index is 13.7. The molecule has 6 rings (SSSR count). The fourth-order valence-electron chi connectivity index (χ4n) is 7.75. The van der Waals surface area contributed by atoms with Crippen molar-refractivity contribution in [3.63, 3.8) is 0 Å². The Morgan fingerprint density at radius 3 is 2.23 bits per heavy atom. The van der Waals surface area contributed by atoms with E-state index in [9.17, 15) is 14.4 Å². The first kappa shape index (κ1) is 37.8. The Labute approximate surface area is 312 Å². The second-order valence-corrected chi connectivity index (χ2v) is 14.8. The zero-order valence-electron chi connectivity index (χ0n) is 31.1. The molecule has 12 nitrogen and oxygen atoms in total. The van der Waals surface area contributed by atoms with Crippen molar-refractivity contribution in [1.29, 1.82) is 0 Å². The molecular formula is C41H53N9O3. The fourth-order valence-corrected chi connectivity index (χ4v) is 7.75. The number of nitrogens with zero attached hydrogens (tertiary/aromatic N) is 4. The molecule has 0 spiro atoms. The molecule has 1 unspecified atom stereocenters. The number of H-pyrrole nitrogens is 1. The van der Waals surface area contributed by atoms with Crippen LogP contribution in [0.25, 0.3) is 22.5 Å². The third-order valence-electron chi connectivity index (χ3n) is 11.3. The van der Waals surface area contributed by atoms with Crippen LogP contribution in [0.1, 0.15) is 79.8 Å². The Morgan fingerprint density at radius 1 is 0.906 bits per heavy atom. The second-order valence-electron chi connectivity index (χ2n) is 14.8. The van der Waals surface area contributed by atoms with Crippen molar-refractivity contribution in [3.8, 4) is 22.5 Å². The molecule has 280 valence electrons. The summed E-state index contributed by atoms with van der Waals surface area (Å²) in [6.07, 6.45) is 7.92. The largest absolute Gasteiger partial charge is 0.349 e. The minimum atomic E-state index is -0.778. The number of hydrogen-bond acceptors (Lipinski definition) is 8. The quantitative estimate of drug-likeness (QED) is 0.125. The van der Waals surface area contributed by atoms with Gasteiger partial charge in [0.05, 0.1) is 0 Å². The highest BCUT2D eigenvalue weighted by Gasteiger charge is 2.30. The van der Waals surface area contributed by atoms with Crippen molar-refractivity contribution in [2.75, 3.05) is 25.5 Å². The number of aryl methyl sites for hydroxylation is 1. The van der Waals surface area contributed by atoms with Crippen molar-refractivity contribution < 1.29 is 14.4 Å². The maximum absolute atomic E-state index is 13.7. The van der Waals surface area contributed by atoms with Crippen LogP contribution >= 0.6 is 0 Å². The van der Waals surface area contributed by atoms with E-state index >= 15 is 0 Å². The molecule has 0 radical (unpaired) electrons. The van der Waals surface area contributed by atoms with E-state index in [2.05, 4.69) is 55.4 Å². The minimum Gasteiger partial charge on any atom is -0.349 e. The summed E-state index contributed by atoms with van der Waals surface area (Å²) in [5, 5.41) is 23.4.